The maximum atomic E-state index is 10.5. The maximum absolute atomic E-state index is 10.5. The van der Waals surface area contributed by atoms with E-state index in [0.29, 0.717) is 5.76 Å². The average molecular weight is 149 g/mol. The van der Waals surface area contributed by atoms with Crippen molar-refractivity contribution in [1.82, 2.24) is 0 Å². The molecular formula is C6H9ClO2. The Morgan fingerprint density at radius 3 is 2.33 bits per heavy atom. The highest BCUT2D eigenvalue weighted by molar-refractivity contribution is 6.29. The van der Waals surface area contributed by atoms with Gasteiger partial charge in [-0.3, -0.25) is 4.79 Å². The van der Waals surface area contributed by atoms with Crippen molar-refractivity contribution in [3.05, 3.63) is 12.3 Å². The lowest BCUT2D eigenvalue weighted by molar-refractivity contribution is -0.138. The summed E-state index contributed by atoms with van der Waals surface area (Å²) in [5, 5.41) is -0.596. The fourth-order valence-electron chi connectivity index (χ4n) is 0.253. The van der Waals surface area contributed by atoms with E-state index >= 15 is 0 Å². The summed E-state index contributed by atoms with van der Waals surface area (Å²) in [7, 11) is 0. The lowest BCUT2D eigenvalue weighted by Crippen LogP contribution is -2.12. The summed E-state index contributed by atoms with van der Waals surface area (Å²) in [5.41, 5.74) is 0. The van der Waals surface area contributed by atoms with E-state index in [0.717, 1.165) is 0 Å². The molecule has 0 aliphatic rings. The van der Waals surface area contributed by atoms with Crippen LogP contribution in [0.25, 0.3) is 0 Å². The maximum Gasteiger partial charge on any atom is 0.328 e. The predicted molar refractivity (Wildman–Crippen MR) is 36.2 cm³/mol. The smallest absolute Gasteiger partial charge is 0.328 e. The van der Waals surface area contributed by atoms with E-state index in [9.17, 15) is 4.79 Å². The molecule has 1 unspecified atom stereocenters. The van der Waals surface area contributed by atoms with Gasteiger partial charge in [-0.2, -0.15) is 0 Å². The van der Waals surface area contributed by atoms with E-state index in [1.165, 1.54) is 0 Å². The van der Waals surface area contributed by atoms with Crippen molar-refractivity contribution in [1.29, 1.82) is 0 Å². The Bertz CT molecular complexity index is 129. The van der Waals surface area contributed by atoms with Crippen molar-refractivity contribution in [2.75, 3.05) is 0 Å². The Morgan fingerprint density at radius 1 is 1.78 bits per heavy atom. The Kier molecular flexibility index (Phi) is 3.32. The largest absolute Gasteiger partial charge is 0.431 e. The van der Waals surface area contributed by atoms with Crippen LogP contribution in [0.1, 0.15) is 13.8 Å². The summed E-state index contributed by atoms with van der Waals surface area (Å²) >= 11 is 5.36. The van der Waals surface area contributed by atoms with Crippen molar-refractivity contribution in [3.63, 3.8) is 0 Å². The molecule has 0 spiro atoms. The molecule has 0 saturated carbocycles. The Labute approximate surface area is 59.5 Å². The van der Waals surface area contributed by atoms with Gasteiger partial charge in [0.15, 0.2) is 0 Å². The van der Waals surface area contributed by atoms with Gasteiger partial charge in [0.25, 0.3) is 0 Å². The van der Waals surface area contributed by atoms with Gasteiger partial charge in [0, 0.05) is 0 Å². The molecule has 0 aromatic heterocycles. The third-order valence-electron chi connectivity index (χ3n) is 0.600. The zero-order valence-electron chi connectivity index (χ0n) is 5.48. The molecule has 0 heterocycles. The van der Waals surface area contributed by atoms with Gasteiger partial charge in [-0.25, -0.2) is 0 Å². The van der Waals surface area contributed by atoms with E-state index in [1.807, 2.05) is 0 Å². The molecule has 0 aromatic carbocycles. The number of alkyl halides is 1. The predicted octanol–water partition coefficient (Wildman–Crippen LogP) is 1.69. The zero-order chi connectivity index (χ0) is 7.44. The highest BCUT2D eigenvalue weighted by Crippen LogP contribution is 2.00. The molecule has 1 atom stereocenters. The number of hydrogen-bond acceptors (Lipinski definition) is 2. The summed E-state index contributed by atoms with van der Waals surface area (Å²) in [4.78, 5) is 10.5. The van der Waals surface area contributed by atoms with Crippen LogP contribution in [-0.4, -0.2) is 11.3 Å². The number of allylic oxidation sites excluding steroid dienone is 1. The molecule has 0 N–H and O–H groups in total. The summed E-state index contributed by atoms with van der Waals surface area (Å²) in [5.74, 6) is -0.0864. The van der Waals surface area contributed by atoms with E-state index in [4.69, 9.17) is 11.6 Å². The number of rotatable bonds is 2. The molecule has 0 rings (SSSR count). The van der Waals surface area contributed by atoms with E-state index in [-0.39, 0.29) is 0 Å². The minimum Gasteiger partial charge on any atom is -0.431 e. The van der Waals surface area contributed by atoms with E-state index < -0.39 is 11.3 Å². The van der Waals surface area contributed by atoms with Crippen LogP contribution in [0.2, 0.25) is 0 Å². The second kappa shape index (κ2) is 3.51. The molecule has 9 heavy (non-hydrogen) atoms. The van der Waals surface area contributed by atoms with Crippen LogP contribution in [0.4, 0.5) is 0 Å². The van der Waals surface area contributed by atoms with Crippen molar-refractivity contribution in [2.24, 2.45) is 0 Å². The minimum atomic E-state index is -0.596. The summed E-state index contributed by atoms with van der Waals surface area (Å²) < 4.78 is 4.55. The summed E-state index contributed by atoms with van der Waals surface area (Å²) in [6.07, 6.45) is 0. The van der Waals surface area contributed by atoms with Gasteiger partial charge in [0.05, 0.1) is 5.76 Å². The van der Waals surface area contributed by atoms with E-state index in [1.54, 1.807) is 13.8 Å². The SMILES string of the molecule is C=C(C)OC(=O)C(C)Cl. The lowest BCUT2D eigenvalue weighted by Gasteiger charge is -2.02. The zero-order valence-corrected chi connectivity index (χ0v) is 6.23. The van der Waals surface area contributed by atoms with Crippen LogP contribution in [0.3, 0.4) is 0 Å². The Morgan fingerprint density at radius 2 is 2.22 bits per heavy atom. The Balaban J connectivity index is 3.64. The number of carbonyl (C=O) groups is 1. The molecule has 0 amide bonds. The monoisotopic (exact) mass is 148 g/mol. The standard InChI is InChI=1S/C6H9ClO2/c1-4(2)9-6(8)5(3)7/h5H,1H2,2-3H3. The van der Waals surface area contributed by atoms with Gasteiger partial charge in [0.2, 0.25) is 0 Å². The first-order valence-corrected chi connectivity index (χ1v) is 2.99. The van der Waals surface area contributed by atoms with Gasteiger partial charge < -0.3 is 4.74 Å². The van der Waals surface area contributed by atoms with Crippen LogP contribution >= 0.6 is 11.6 Å². The van der Waals surface area contributed by atoms with Crippen LogP contribution < -0.4 is 0 Å². The fourth-order valence-corrected chi connectivity index (χ4v) is 0.297. The van der Waals surface area contributed by atoms with Gasteiger partial charge in [-0.05, 0) is 13.8 Å². The highest BCUT2D eigenvalue weighted by atomic mass is 35.5. The van der Waals surface area contributed by atoms with Crippen molar-refractivity contribution in [2.45, 2.75) is 19.2 Å². The van der Waals surface area contributed by atoms with Crippen molar-refractivity contribution in [3.8, 4) is 0 Å². The van der Waals surface area contributed by atoms with Crippen molar-refractivity contribution < 1.29 is 9.53 Å². The number of esters is 1. The summed E-state index contributed by atoms with van der Waals surface area (Å²) in [6, 6.07) is 0. The first-order chi connectivity index (χ1) is 4.04. The molecule has 0 bridgehead atoms. The van der Waals surface area contributed by atoms with Crippen LogP contribution in [0.5, 0.6) is 0 Å². The quantitative estimate of drug-likeness (QED) is 0.339. The molecule has 52 valence electrons. The van der Waals surface area contributed by atoms with Crippen LogP contribution in [0.15, 0.2) is 12.3 Å². The minimum absolute atomic E-state index is 0.368. The Hall–Kier alpha value is -0.500. The summed E-state index contributed by atoms with van der Waals surface area (Å²) in [6.45, 7) is 6.52. The molecular weight excluding hydrogens is 140 g/mol. The molecule has 3 heteroatoms. The molecule has 0 fully saturated rings. The van der Waals surface area contributed by atoms with Gasteiger partial charge in [-0.1, -0.05) is 6.58 Å². The van der Waals surface area contributed by atoms with Gasteiger partial charge in [0.1, 0.15) is 5.38 Å². The van der Waals surface area contributed by atoms with Gasteiger partial charge >= 0.3 is 5.97 Å². The third-order valence-corrected chi connectivity index (χ3v) is 0.778. The van der Waals surface area contributed by atoms with Crippen molar-refractivity contribution >= 4 is 17.6 Å². The second-order valence-electron chi connectivity index (χ2n) is 1.74. The molecule has 0 aliphatic heterocycles. The molecule has 0 aliphatic carbocycles. The number of hydrogen-bond donors (Lipinski definition) is 0. The molecule has 0 aromatic rings. The van der Waals surface area contributed by atoms with Gasteiger partial charge in [-0.15, -0.1) is 11.6 Å². The first kappa shape index (κ1) is 8.50. The first-order valence-electron chi connectivity index (χ1n) is 2.55. The molecule has 0 radical (unpaired) electrons. The topological polar surface area (TPSA) is 26.3 Å². The fraction of sp³-hybridized carbons (Fsp3) is 0.500. The number of ether oxygens (including phenoxy) is 1. The molecule has 2 nitrogen and oxygen atoms in total. The van der Waals surface area contributed by atoms with Crippen LogP contribution in [-0.2, 0) is 9.53 Å². The second-order valence-corrected chi connectivity index (χ2v) is 2.39. The number of halogens is 1. The van der Waals surface area contributed by atoms with Crippen LogP contribution in [0, 0.1) is 0 Å². The lowest BCUT2D eigenvalue weighted by atomic mass is 10.5. The highest BCUT2D eigenvalue weighted by Gasteiger charge is 2.09. The number of carbonyl (C=O) groups excluding carboxylic acids is 1. The molecule has 0 saturated heterocycles. The normalized spacial score (nSPS) is 12.3. The third kappa shape index (κ3) is 4.03. The average Bonchev–Trinajstić information content (AvgIpc) is 1.63. The van der Waals surface area contributed by atoms with E-state index in [2.05, 4.69) is 11.3 Å².